The third kappa shape index (κ3) is 3.36. The Labute approximate surface area is 117 Å². The summed E-state index contributed by atoms with van der Waals surface area (Å²) in [5.41, 5.74) is 0.685. The second-order valence-corrected chi connectivity index (χ2v) is 6.57. The van der Waals surface area contributed by atoms with Crippen LogP contribution in [0.3, 0.4) is 0 Å². The van der Waals surface area contributed by atoms with Gasteiger partial charge < -0.3 is 4.90 Å². The third-order valence-electron chi connectivity index (χ3n) is 2.85. The van der Waals surface area contributed by atoms with Crippen LogP contribution >= 0.6 is 11.6 Å². The van der Waals surface area contributed by atoms with E-state index in [9.17, 15) is 13.2 Å². The van der Waals surface area contributed by atoms with E-state index in [1.165, 1.54) is 10.3 Å². The lowest BCUT2D eigenvalue weighted by atomic mass is 10.2. The van der Waals surface area contributed by atoms with Gasteiger partial charge in [-0.3, -0.25) is 4.79 Å². The van der Waals surface area contributed by atoms with Crippen molar-refractivity contribution in [3.05, 3.63) is 41.8 Å². The highest BCUT2D eigenvalue weighted by molar-refractivity contribution is 7.94. The smallest absolute Gasteiger partial charge is 0.228 e. The van der Waals surface area contributed by atoms with E-state index in [4.69, 9.17) is 11.6 Å². The first kappa shape index (κ1) is 14.1. The predicted molar refractivity (Wildman–Crippen MR) is 76.0 cm³/mol. The largest absolute Gasteiger partial charge is 0.304 e. The van der Waals surface area contributed by atoms with E-state index >= 15 is 0 Å². The van der Waals surface area contributed by atoms with Gasteiger partial charge in [-0.1, -0.05) is 18.2 Å². The molecular weight excluding hydrogens is 286 g/mol. The van der Waals surface area contributed by atoms with Crippen molar-refractivity contribution in [3.8, 4) is 0 Å². The van der Waals surface area contributed by atoms with Gasteiger partial charge in [0.25, 0.3) is 0 Å². The van der Waals surface area contributed by atoms with Crippen LogP contribution in [0.1, 0.15) is 6.42 Å². The quantitative estimate of drug-likeness (QED) is 0.799. The fraction of sp³-hybridized carbons (Fsp3) is 0.308. The zero-order valence-electron chi connectivity index (χ0n) is 10.2. The van der Waals surface area contributed by atoms with Crippen molar-refractivity contribution >= 4 is 33.0 Å². The van der Waals surface area contributed by atoms with Crippen LogP contribution in [0.15, 0.2) is 41.8 Å². The minimum Gasteiger partial charge on any atom is -0.304 e. The maximum atomic E-state index is 12.2. The molecule has 102 valence electrons. The molecule has 1 amide bonds. The van der Waals surface area contributed by atoms with Crippen LogP contribution in [0.4, 0.5) is 5.69 Å². The molecule has 0 radical (unpaired) electrons. The van der Waals surface area contributed by atoms with Gasteiger partial charge in [0.15, 0.2) is 9.84 Å². The highest BCUT2D eigenvalue weighted by atomic mass is 35.5. The molecule has 0 bridgehead atoms. The molecule has 19 heavy (non-hydrogen) atoms. The number of amides is 1. The molecule has 1 heterocycles. The number of anilines is 1. The normalized spacial score (nSPS) is 20.4. The molecule has 0 saturated heterocycles. The van der Waals surface area contributed by atoms with E-state index in [0.717, 1.165) is 0 Å². The fourth-order valence-electron chi connectivity index (χ4n) is 2.03. The number of carbonyl (C=O) groups excluding carboxylic acids is 1. The van der Waals surface area contributed by atoms with Gasteiger partial charge in [0.1, 0.15) is 0 Å². The number of halogens is 1. The Morgan fingerprint density at radius 1 is 1.32 bits per heavy atom. The lowest BCUT2D eigenvalue weighted by Gasteiger charge is -2.27. The number of para-hydroxylation sites is 1. The molecule has 0 saturated carbocycles. The number of sulfone groups is 1. The van der Waals surface area contributed by atoms with Crippen molar-refractivity contribution in [1.82, 2.24) is 0 Å². The number of hydrogen-bond donors (Lipinski definition) is 0. The molecule has 6 heteroatoms. The molecule has 1 unspecified atom stereocenters. The predicted octanol–water partition coefficient (Wildman–Crippen LogP) is 1.96. The summed E-state index contributed by atoms with van der Waals surface area (Å²) >= 11 is 5.61. The lowest BCUT2D eigenvalue weighted by molar-refractivity contribution is -0.118. The van der Waals surface area contributed by atoms with E-state index in [1.807, 2.05) is 18.2 Å². The topological polar surface area (TPSA) is 54.5 Å². The Hall–Kier alpha value is -1.33. The summed E-state index contributed by atoms with van der Waals surface area (Å²) < 4.78 is 23.0. The van der Waals surface area contributed by atoms with Crippen molar-refractivity contribution in [2.75, 3.05) is 16.5 Å². The van der Waals surface area contributed by atoms with E-state index < -0.39 is 15.9 Å². The molecule has 1 aliphatic rings. The summed E-state index contributed by atoms with van der Waals surface area (Å²) in [5.74, 6) is -0.0330. The SMILES string of the molecule is O=C(CCCl)N(c1ccccc1)C1C=CS(=O)(=O)C1. The van der Waals surface area contributed by atoms with Gasteiger partial charge in [0, 0.05) is 23.4 Å². The molecule has 1 aromatic carbocycles. The van der Waals surface area contributed by atoms with E-state index in [-0.39, 0.29) is 24.0 Å². The number of carbonyl (C=O) groups is 1. The molecule has 1 aliphatic heterocycles. The molecule has 0 N–H and O–H groups in total. The number of rotatable bonds is 4. The molecule has 1 aromatic rings. The Kier molecular flexibility index (Phi) is 4.27. The summed E-state index contributed by atoms with van der Waals surface area (Å²) in [5, 5.41) is 1.17. The molecule has 0 fully saturated rings. The number of alkyl halides is 1. The van der Waals surface area contributed by atoms with Crippen LogP contribution in [-0.2, 0) is 14.6 Å². The molecule has 1 atom stereocenters. The van der Waals surface area contributed by atoms with E-state index in [1.54, 1.807) is 18.2 Å². The summed E-state index contributed by atoms with van der Waals surface area (Å²) in [6.45, 7) is 0. The van der Waals surface area contributed by atoms with Gasteiger partial charge in [-0.15, -0.1) is 11.6 Å². The summed E-state index contributed by atoms with van der Waals surface area (Å²) in [4.78, 5) is 13.7. The van der Waals surface area contributed by atoms with Crippen molar-refractivity contribution in [2.24, 2.45) is 0 Å². The standard InChI is InChI=1S/C13H14ClNO3S/c14-8-6-13(16)15(11-4-2-1-3-5-11)12-7-9-19(17,18)10-12/h1-5,7,9,12H,6,8,10H2. The van der Waals surface area contributed by atoms with Crippen molar-refractivity contribution in [2.45, 2.75) is 12.5 Å². The van der Waals surface area contributed by atoms with Gasteiger partial charge in [0.05, 0.1) is 11.8 Å². The second-order valence-electron chi connectivity index (χ2n) is 4.26. The summed E-state index contributed by atoms with van der Waals surface area (Å²) in [6, 6.07) is 8.57. The molecule has 0 spiro atoms. The highest BCUT2D eigenvalue weighted by Crippen LogP contribution is 2.23. The molecule has 4 nitrogen and oxygen atoms in total. The summed E-state index contributed by atoms with van der Waals surface area (Å²) in [7, 11) is -3.20. The van der Waals surface area contributed by atoms with E-state index in [2.05, 4.69) is 0 Å². The Morgan fingerprint density at radius 2 is 2.00 bits per heavy atom. The van der Waals surface area contributed by atoms with Gasteiger partial charge in [0.2, 0.25) is 5.91 Å². The number of benzene rings is 1. The first-order chi connectivity index (χ1) is 9.03. The van der Waals surface area contributed by atoms with Crippen LogP contribution < -0.4 is 4.90 Å². The third-order valence-corrected chi connectivity index (χ3v) is 4.42. The second kappa shape index (κ2) is 5.75. The van der Waals surface area contributed by atoms with Gasteiger partial charge >= 0.3 is 0 Å². The van der Waals surface area contributed by atoms with Crippen LogP contribution in [0, 0.1) is 0 Å². The molecular formula is C13H14ClNO3S. The maximum absolute atomic E-state index is 12.2. The number of nitrogens with zero attached hydrogens (tertiary/aromatic N) is 1. The maximum Gasteiger partial charge on any atom is 0.228 e. The minimum absolute atomic E-state index is 0.0735. The molecule has 0 aromatic heterocycles. The highest BCUT2D eigenvalue weighted by Gasteiger charge is 2.30. The van der Waals surface area contributed by atoms with Crippen LogP contribution in [0.5, 0.6) is 0 Å². The fourth-order valence-corrected chi connectivity index (χ4v) is 3.46. The average molecular weight is 300 g/mol. The van der Waals surface area contributed by atoms with Crippen LogP contribution in [0.2, 0.25) is 0 Å². The zero-order chi connectivity index (χ0) is 13.9. The molecule has 2 rings (SSSR count). The minimum atomic E-state index is -3.20. The summed E-state index contributed by atoms with van der Waals surface area (Å²) in [6.07, 6.45) is 1.73. The van der Waals surface area contributed by atoms with Crippen molar-refractivity contribution in [3.63, 3.8) is 0 Å². The lowest BCUT2D eigenvalue weighted by Crippen LogP contribution is -2.41. The monoisotopic (exact) mass is 299 g/mol. The first-order valence-corrected chi connectivity index (χ1v) is 8.12. The van der Waals surface area contributed by atoms with Gasteiger partial charge in [-0.2, -0.15) is 0 Å². The van der Waals surface area contributed by atoms with Crippen molar-refractivity contribution < 1.29 is 13.2 Å². The Balaban J connectivity index is 2.31. The van der Waals surface area contributed by atoms with Crippen LogP contribution in [-0.4, -0.2) is 32.0 Å². The van der Waals surface area contributed by atoms with E-state index in [0.29, 0.717) is 5.69 Å². The average Bonchev–Trinajstić information content (AvgIpc) is 2.71. The Bertz CT molecular complexity index is 583. The first-order valence-electron chi connectivity index (χ1n) is 5.87. The van der Waals surface area contributed by atoms with Crippen molar-refractivity contribution in [1.29, 1.82) is 0 Å². The number of hydrogen-bond acceptors (Lipinski definition) is 3. The van der Waals surface area contributed by atoms with Crippen LogP contribution in [0.25, 0.3) is 0 Å². The molecule has 0 aliphatic carbocycles. The van der Waals surface area contributed by atoms with Gasteiger partial charge in [-0.05, 0) is 18.2 Å². The zero-order valence-corrected chi connectivity index (χ0v) is 11.8. The van der Waals surface area contributed by atoms with Gasteiger partial charge in [-0.25, -0.2) is 8.42 Å². The Morgan fingerprint density at radius 3 is 2.53 bits per heavy atom.